The lowest BCUT2D eigenvalue weighted by molar-refractivity contribution is -0.355. The molecule has 0 aromatic carbocycles. The molecule has 2 heterocycles. The Kier molecular flexibility index (Phi) is 18.4. The summed E-state index contributed by atoms with van der Waals surface area (Å²) in [5.74, 6) is 0. The summed E-state index contributed by atoms with van der Waals surface area (Å²) in [5, 5.41) is 0. The number of ether oxygens (including phenoxy) is 15. The van der Waals surface area contributed by atoms with Crippen LogP contribution in [0.2, 0.25) is 0 Å². The molecule has 43 heavy (non-hydrogen) atoms. The van der Waals surface area contributed by atoms with Gasteiger partial charge in [0.25, 0.3) is 0 Å². The molecule has 13 atom stereocenters. The van der Waals surface area contributed by atoms with Crippen molar-refractivity contribution in [3.63, 3.8) is 0 Å². The molecule has 15 heteroatoms. The van der Waals surface area contributed by atoms with E-state index in [0.29, 0.717) is 0 Å². The predicted molar refractivity (Wildman–Crippen MR) is 150 cm³/mol. The Bertz CT molecular complexity index is 720. The number of methoxy groups -OCH3 is 11. The highest BCUT2D eigenvalue weighted by Crippen LogP contribution is 2.35. The van der Waals surface area contributed by atoms with E-state index in [0.717, 1.165) is 0 Å². The summed E-state index contributed by atoms with van der Waals surface area (Å²) in [6.07, 6.45) is -8.63. The summed E-state index contributed by atoms with van der Waals surface area (Å²) in [6, 6.07) is 0. The molecule has 0 aromatic rings. The quantitative estimate of drug-likeness (QED) is 0.157. The summed E-state index contributed by atoms with van der Waals surface area (Å²) >= 11 is 0. The average molecular weight is 631 g/mol. The third-order valence-corrected chi connectivity index (χ3v) is 7.79. The summed E-state index contributed by atoms with van der Waals surface area (Å²) in [7, 11) is 17.3. The maximum atomic E-state index is 6.68. The Morgan fingerprint density at radius 2 is 0.907 bits per heavy atom. The molecule has 0 spiro atoms. The number of hydrogen-bond acceptors (Lipinski definition) is 15. The maximum Gasteiger partial charge on any atom is 0.187 e. The van der Waals surface area contributed by atoms with Crippen molar-refractivity contribution >= 4 is 0 Å². The van der Waals surface area contributed by atoms with Crippen LogP contribution in [0, 0.1) is 0 Å². The fraction of sp³-hybridized carbons (Fsp3) is 1.00. The molecule has 256 valence electrons. The molecular formula is C28H54O15. The average Bonchev–Trinajstić information content (AvgIpc) is 3.35. The highest BCUT2D eigenvalue weighted by molar-refractivity contribution is 4.97. The van der Waals surface area contributed by atoms with Gasteiger partial charge in [0, 0.05) is 78.2 Å². The number of rotatable bonds is 22. The maximum absolute atomic E-state index is 6.68. The van der Waals surface area contributed by atoms with Crippen LogP contribution in [0.3, 0.4) is 0 Å². The molecule has 0 amide bonds. The van der Waals surface area contributed by atoms with Gasteiger partial charge in [-0.3, -0.25) is 0 Å². The van der Waals surface area contributed by atoms with Gasteiger partial charge in [-0.05, 0) is 0 Å². The minimum Gasteiger partial charge on any atom is -0.382 e. The molecule has 0 radical (unpaired) electrons. The van der Waals surface area contributed by atoms with Gasteiger partial charge in [-0.25, -0.2) is 0 Å². The third kappa shape index (κ3) is 9.70. The zero-order valence-electron chi connectivity index (χ0n) is 27.5. The van der Waals surface area contributed by atoms with Crippen molar-refractivity contribution in [2.45, 2.75) is 79.7 Å². The van der Waals surface area contributed by atoms with E-state index in [-0.39, 0.29) is 26.4 Å². The Morgan fingerprint density at radius 1 is 0.465 bits per heavy atom. The minimum absolute atomic E-state index is 0.176. The van der Waals surface area contributed by atoms with E-state index in [1.807, 2.05) is 0 Å². The van der Waals surface area contributed by atoms with E-state index in [2.05, 4.69) is 0 Å². The predicted octanol–water partition coefficient (Wildman–Crippen LogP) is -0.103. The van der Waals surface area contributed by atoms with Crippen molar-refractivity contribution in [2.24, 2.45) is 0 Å². The van der Waals surface area contributed by atoms with Crippen LogP contribution in [0.25, 0.3) is 0 Å². The van der Waals surface area contributed by atoms with E-state index in [4.69, 9.17) is 71.1 Å². The molecule has 2 saturated heterocycles. The van der Waals surface area contributed by atoms with Gasteiger partial charge in [0.15, 0.2) is 12.6 Å². The monoisotopic (exact) mass is 630 g/mol. The third-order valence-electron chi connectivity index (χ3n) is 7.79. The Hall–Kier alpha value is -0.600. The lowest BCUT2D eigenvalue weighted by Crippen LogP contribution is -2.64. The smallest absolute Gasteiger partial charge is 0.187 e. The molecule has 15 nitrogen and oxygen atoms in total. The zero-order chi connectivity index (χ0) is 31.9. The highest BCUT2D eigenvalue weighted by atomic mass is 16.8. The SMILES string of the molecule is COCC(OC)C(OC)C(OC1OC(COC)C(OC)C(OC2OC(COC)C(OC)C2OC)C1OC)C(COC)OC. The standard InChI is InChI=1S/C28H54O15/c1-29-12-16(33-5)20(35-7)23(17(34-6)13-30-2)42-28-26(39-11)24(21(36-8)18(40-28)14-31-3)43-27-25(38-10)22(37-9)19(41-27)15-32-4/h16-28H,12-15H2,1-11H3. The van der Waals surface area contributed by atoms with Gasteiger partial charge in [0.2, 0.25) is 0 Å². The molecule has 2 aliphatic heterocycles. The van der Waals surface area contributed by atoms with Crippen molar-refractivity contribution in [1.29, 1.82) is 0 Å². The highest BCUT2D eigenvalue weighted by Gasteiger charge is 2.54. The van der Waals surface area contributed by atoms with E-state index in [1.165, 1.54) is 7.11 Å². The first-order chi connectivity index (χ1) is 20.9. The van der Waals surface area contributed by atoms with E-state index < -0.39 is 79.7 Å². The number of hydrogen-bond donors (Lipinski definition) is 0. The molecule has 13 unspecified atom stereocenters. The first-order valence-electron chi connectivity index (χ1n) is 14.1. The lowest BCUT2D eigenvalue weighted by atomic mass is 9.97. The lowest BCUT2D eigenvalue weighted by Gasteiger charge is -2.47. The van der Waals surface area contributed by atoms with E-state index in [1.54, 1.807) is 71.1 Å². The normalized spacial score (nSPS) is 34.3. The molecule has 0 aromatic heterocycles. The summed E-state index contributed by atoms with van der Waals surface area (Å²) in [4.78, 5) is 0. The van der Waals surface area contributed by atoms with Crippen molar-refractivity contribution in [1.82, 2.24) is 0 Å². The van der Waals surface area contributed by atoms with Gasteiger partial charge in [-0.1, -0.05) is 0 Å². The topological polar surface area (TPSA) is 138 Å². The Labute approximate surface area is 255 Å². The van der Waals surface area contributed by atoms with Crippen LogP contribution in [-0.4, -0.2) is 184 Å². The molecule has 2 fully saturated rings. The fourth-order valence-corrected chi connectivity index (χ4v) is 5.71. The van der Waals surface area contributed by atoms with Crippen LogP contribution >= 0.6 is 0 Å². The second-order valence-corrected chi connectivity index (χ2v) is 10.2. The summed E-state index contributed by atoms with van der Waals surface area (Å²) < 4.78 is 88.3. The van der Waals surface area contributed by atoms with Gasteiger partial charge in [-0.2, -0.15) is 0 Å². The van der Waals surface area contributed by atoms with Gasteiger partial charge in [0.1, 0.15) is 67.1 Å². The Morgan fingerprint density at radius 3 is 1.33 bits per heavy atom. The molecule has 0 bridgehead atoms. The summed E-state index contributed by atoms with van der Waals surface area (Å²) in [6.45, 7) is 0.894. The van der Waals surface area contributed by atoms with Crippen LogP contribution in [0.15, 0.2) is 0 Å². The van der Waals surface area contributed by atoms with Gasteiger partial charge < -0.3 is 71.1 Å². The van der Waals surface area contributed by atoms with Crippen molar-refractivity contribution in [2.75, 3.05) is 105 Å². The van der Waals surface area contributed by atoms with Gasteiger partial charge in [-0.15, -0.1) is 0 Å². The second-order valence-electron chi connectivity index (χ2n) is 10.2. The van der Waals surface area contributed by atoms with E-state index in [9.17, 15) is 0 Å². The van der Waals surface area contributed by atoms with Gasteiger partial charge in [0.05, 0.1) is 26.4 Å². The molecular weight excluding hydrogens is 576 g/mol. The summed E-state index contributed by atoms with van der Waals surface area (Å²) in [5.41, 5.74) is 0. The minimum atomic E-state index is -1.01. The van der Waals surface area contributed by atoms with Crippen molar-refractivity contribution in [3.8, 4) is 0 Å². The van der Waals surface area contributed by atoms with Crippen LogP contribution in [0.4, 0.5) is 0 Å². The van der Waals surface area contributed by atoms with Crippen LogP contribution in [0.1, 0.15) is 0 Å². The van der Waals surface area contributed by atoms with Crippen LogP contribution in [0.5, 0.6) is 0 Å². The first-order valence-corrected chi connectivity index (χ1v) is 14.1. The van der Waals surface area contributed by atoms with Crippen molar-refractivity contribution < 1.29 is 71.1 Å². The molecule has 2 aliphatic rings. The van der Waals surface area contributed by atoms with Crippen LogP contribution < -0.4 is 0 Å². The van der Waals surface area contributed by atoms with Crippen molar-refractivity contribution in [3.05, 3.63) is 0 Å². The Balaban J connectivity index is 2.50. The molecule has 0 N–H and O–H groups in total. The molecule has 2 rings (SSSR count). The first kappa shape index (κ1) is 38.6. The van der Waals surface area contributed by atoms with E-state index >= 15 is 0 Å². The largest absolute Gasteiger partial charge is 0.382 e. The second kappa shape index (κ2) is 20.5. The fourth-order valence-electron chi connectivity index (χ4n) is 5.71. The van der Waals surface area contributed by atoms with Gasteiger partial charge >= 0.3 is 0 Å². The molecule has 0 saturated carbocycles. The van der Waals surface area contributed by atoms with Crippen LogP contribution in [-0.2, 0) is 71.1 Å². The molecule has 0 aliphatic carbocycles. The zero-order valence-corrected chi connectivity index (χ0v) is 27.5.